The first-order chi connectivity index (χ1) is 16.0. The van der Waals surface area contributed by atoms with Crippen LogP contribution < -0.4 is 10.1 Å². The van der Waals surface area contributed by atoms with Crippen molar-refractivity contribution in [1.29, 1.82) is 0 Å². The number of pyridine rings is 1. The van der Waals surface area contributed by atoms with E-state index in [-0.39, 0.29) is 17.4 Å². The molecule has 4 aromatic heterocycles. The van der Waals surface area contributed by atoms with Crippen molar-refractivity contribution in [2.24, 2.45) is 5.41 Å². The Balaban J connectivity index is 1.24. The monoisotopic (exact) mass is 446 g/mol. The molecule has 2 fully saturated rings. The van der Waals surface area contributed by atoms with Gasteiger partial charge in [0.05, 0.1) is 17.9 Å². The fourth-order valence-corrected chi connectivity index (χ4v) is 5.22. The summed E-state index contributed by atoms with van der Waals surface area (Å²) in [6.07, 6.45) is 9.33. The highest BCUT2D eigenvalue weighted by molar-refractivity contribution is 5.97. The SMILES string of the molecule is COc1nc(N[C@H]2C[C@@](C)(C(=O)N3CCCC3)C2)nc2[nH]cc(-c3ccc4nncn4c3)c12. The van der Waals surface area contributed by atoms with Crippen LogP contribution in [-0.4, -0.2) is 66.6 Å². The number of likely N-dealkylation sites (tertiary alicyclic amines) is 1. The summed E-state index contributed by atoms with van der Waals surface area (Å²) >= 11 is 0. The van der Waals surface area contributed by atoms with E-state index in [1.54, 1.807) is 13.4 Å². The number of amides is 1. The Morgan fingerprint density at radius 3 is 2.85 bits per heavy atom. The number of fused-ring (bicyclic) bond motifs is 2. The quantitative estimate of drug-likeness (QED) is 0.485. The Hall–Kier alpha value is -3.69. The molecule has 1 aliphatic heterocycles. The molecule has 6 rings (SSSR count). The summed E-state index contributed by atoms with van der Waals surface area (Å²) in [6.45, 7) is 3.85. The molecule has 1 saturated carbocycles. The minimum Gasteiger partial charge on any atom is -0.480 e. The molecule has 0 bridgehead atoms. The first kappa shape index (κ1) is 20.0. The highest BCUT2D eigenvalue weighted by Crippen LogP contribution is 2.44. The van der Waals surface area contributed by atoms with E-state index in [1.165, 1.54) is 0 Å². The molecule has 0 unspecified atom stereocenters. The van der Waals surface area contributed by atoms with Crippen LogP contribution in [0.2, 0.25) is 0 Å². The van der Waals surface area contributed by atoms with E-state index < -0.39 is 0 Å². The summed E-state index contributed by atoms with van der Waals surface area (Å²) in [5, 5.41) is 12.2. The Labute approximate surface area is 190 Å². The minimum atomic E-state index is -0.295. The number of carbonyl (C=O) groups excluding carboxylic acids is 1. The van der Waals surface area contributed by atoms with Gasteiger partial charge in [0.2, 0.25) is 17.7 Å². The second-order valence-corrected chi connectivity index (χ2v) is 9.31. The zero-order valence-corrected chi connectivity index (χ0v) is 18.7. The molecular weight excluding hydrogens is 420 g/mol. The average molecular weight is 447 g/mol. The van der Waals surface area contributed by atoms with Gasteiger partial charge in [-0.2, -0.15) is 9.97 Å². The van der Waals surface area contributed by atoms with Gasteiger partial charge in [-0.3, -0.25) is 9.20 Å². The molecule has 0 spiro atoms. The van der Waals surface area contributed by atoms with Gasteiger partial charge in [0.1, 0.15) is 12.0 Å². The number of carbonyl (C=O) groups is 1. The number of aromatic nitrogens is 6. The fourth-order valence-electron chi connectivity index (χ4n) is 5.22. The highest BCUT2D eigenvalue weighted by Gasteiger charge is 2.48. The standard InChI is InChI=1S/C23H26N8O2/c1-23(21(32)30-7-3-4-8-30)9-15(10-23)26-22-27-19-18(20(28-22)33-2)16(11-24-19)14-5-6-17-29-25-13-31(17)12-14/h5-6,11-13,15H,3-4,7-10H2,1-2H3,(H2,24,26,27,28)/t15-,23+. The predicted octanol–water partition coefficient (Wildman–Crippen LogP) is 2.88. The second kappa shape index (κ2) is 7.43. The molecular formula is C23H26N8O2. The van der Waals surface area contributed by atoms with Crippen molar-refractivity contribution in [2.75, 3.05) is 25.5 Å². The molecule has 1 aliphatic carbocycles. The van der Waals surface area contributed by atoms with Crippen LogP contribution in [0.3, 0.4) is 0 Å². The van der Waals surface area contributed by atoms with E-state index in [9.17, 15) is 4.79 Å². The Bertz CT molecular complexity index is 1350. The van der Waals surface area contributed by atoms with E-state index in [1.807, 2.05) is 33.8 Å². The van der Waals surface area contributed by atoms with Gasteiger partial charge >= 0.3 is 0 Å². The summed E-state index contributed by atoms with van der Waals surface area (Å²) in [6, 6.07) is 4.07. The molecule has 33 heavy (non-hydrogen) atoms. The summed E-state index contributed by atoms with van der Waals surface area (Å²) in [4.78, 5) is 27.4. The number of aromatic amines is 1. The molecule has 0 radical (unpaired) electrons. The number of hydrogen-bond donors (Lipinski definition) is 2. The minimum absolute atomic E-state index is 0.161. The van der Waals surface area contributed by atoms with Crippen LogP contribution >= 0.6 is 0 Å². The normalized spacial score (nSPS) is 22.6. The van der Waals surface area contributed by atoms with Gasteiger partial charge in [-0.1, -0.05) is 6.92 Å². The van der Waals surface area contributed by atoms with E-state index in [4.69, 9.17) is 4.74 Å². The topological polar surface area (TPSA) is 113 Å². The number of methoxy groups -OCH3 is 1. The first-order valence-electron chi connectivity index (χ1n) is 11.3. The molecule has 5 heterocycles. The number of nitrogens with one attached hydrogen (secondary N) is 2. The average Bonchev–Trinajstić information content (AvgIpc) is 3.56. The zero-order valence-electron chi connectivity index (χ0n) is 18.7. The maximum atomic E-state index is 12.9. The maximum absolute atomic E-state index is 12.9. The van der Waals surface area contributed by atoms with Crippen LogP contribution in [0, 0.1) is 5.41 Å². The fraction of sp³-hybridized carbons (Fsp3) is 0.435. The molecule has 10 nitrogen and oxygen atoms in total. The summed E-state index contributed by atoms with van der Waals surface area (Å²) in [5.41, 5.74) is 3.10. The number of hydrogen-bond acceptors (Lipinski definition) is 7. The lowest BCUT2D eigenvalue weighted by Gasteiger charge is -2.45. The predicted molar refractivity (Wildman–Crippen MR) is 123 cm³/mol. The van der Waals surface area contributed by atoms with E-state index in [2.05, 4.69) is 37.4 Å². The number of anilines is 1. The van der Waals surface area contributed by atoms with E-state index in [0.29, 0.717) is 17.5 Å². The lowest BCUT2D eigenvalue weighted by Crippen LogP contribution is -2.53. The molecule has 2 aliphatic rings. The number of nitrogens with zero attached hydrogens (tertiary/aromatic N) is 6. The number of ether oxygens (including phenoxy) is 1. The van der Waals surface area contributed by atoms with Gasteiger partial charge in [0.15, 0.2) is 5.65 Å². The van der Waals surface area contributed by atoms with Crippen molar-refractivity contribution >= 4 is 28.5 Å². The molecule has 2 N–H and O–H groups in total. The first-order valence-corrected chi connectivity index (χ1v) is 11.3. The molecule has 170 valence electrons. The van der Waals surface area contributed by atoms with Gasteiger partial charge in [-0.05, 0) is 37.8 Å². The van der Waals surface area contributed by atoms with Crippen LogP contribution in [0.15, 0.2) is 30.9 Å². The largest absolute Gasteiger partial charge is 0.480 e. The third-order valence-electron chi connectivity index (χ3n) is 6.93. The third-order valence-corrected chi connectivity index (χ3v) is 6.93. The van der Waals surface area contributed by atoms with Crippen LogP contribution in [0.4, 0.5) is 5.95 Å². The van der Waals surface area contributed by atoms with Crippen molar-refractivity contribution < 1.29 is 9.53 Å². The third kappa shape index (κ3) is 3.28. The zero-order chi connectivity index (χ0) is 22.6. The Kier molecular flexibility index (Phi) is 4.49. The van der Waals surface area contributed by atoms with Gasteiger partial charge in [-0.25, -0.2) is 0 Å². The second-order valence-electron chi connectivity index (χ2n) is 9.31. The molecule has 0 atom stereocenters. The van der Waals surface area contributed by atoms with Crippen LogP contribution in [0.25, 0.3) is 27.8 Å². The van der Waals surface area contributed by atoms with Crippen molar-refractivity contribution in [1.82, 2.24) is 34.4 Å². The van der Waals surface area contributed by atoms with Gasteiger partial charge in [0, 0.05) is 42.7 Å². The van der Waals surface area contributed by atoms with Crippen LogP contribution in [-0.2, 0) is 4.79 Å². The smallest absolute Gasteiger partial charge is 0.228 e. The van der Waals surface area contributed by atoms with Gasteiger partial charge < -0.3 is 19.9 Å². The number of rotatable bonds is 5. The molecule has 1 saturated heterocycles. The lowest BCUT2D eigenvalue weighted by molar-refractivity contribution is -0.145. The summed E-state index contributed by atoms with van der Waals surface area (Å²) < 4.78 is 7.51. The van der Waals surface area contributed by atoms with Crippen molar-refractivity contribution in [2.45, 2.75) is 38.6 Å². The Morgan fingerprint density at radius 1 is 1.24 bits per heavy atom. The summed E-state index contributed by atoms with van der Waals surface area (Å²) in [5.74, 6) is 1.28. The molecule has 4 aromatic rings. The molecule has 1 amide bonds. The van der Waals surface area contributed by atoms with Gasteiger partial charge in [0.25, 0.3) is 0 Å². The van der Waals surface area contributed by atoms with Crippen LogP contribution in [0.1, 0.15) is 32.6 Å². The maximum Gasteiger partial charge on any atom is 0.228 e. The van der Waals surface area contributed by atoms with Crippen molar-refractivity contribution in [3.63, 3.8) is 0 Å². The van der Waals surface area contributed by atoms with Gasteiger partial charge in [-0.15, -0.1) is 10.2 Å². The van der Waals surface area contributed by atoms with Crippen molar-refractivity contribution in [3.8, 4) is 17.0 Å². The summed E-state index contributed by atoms with van der Waals surface area (Å²) in [7, 11) is 1.61. The van der Waals surface area contributed by atoms with E-state index >= 15 is 0 Å². The highest BCUT2D eigenvalue weighted by atomic mass is 16.5. The Morgan fingerprint density at radius 2 is 2.06 bits per heavy atom. The van der Waals surface area contributed by atoms with Crippen LogP contribution in [0.5, 0.6) is 5.88 Å². The van der Waals surface area contributed by atoms with Crippen molar-refractivity contribution in [3.05, 3.63) is 30.9 Å². The van der Waals surface area contributed by atoms with E-state index in [0.717, 1.165) is 60.9 Å². The lowest BCUT2D eigenvalue weighted by atomic mass is 9.66. The molecule has 10 heteroatoms. The molecule has 0 aromatic carbocycles. The number of H-pyrrole nitrogens is 1.